The number of carbonyl (C=O) groups is 1. The Kier molecular flexibility index (Phi) is 8.07. The maximum absolute atomic E-state index is 13.6. The number of aromatic hydroxyl groups is 2. The van der Waals surface area contributed by atoms with Gasteiger partial charge in [-0.25, -0.2) is 17.6 Å². The molecule has 0 atom stereocenters. The van der Waals surface area contributed by atoms with Crippen LogP contribution >= 0.6 is 0 Å². The Hall–Kier alpha value is -4.64. The molecular weight excluding hydrogens is 513 g/mol. The molecule has 1 heterocycles. The van der Waals surface area contributed by atoms with E-state index in [0.29, 0.717) is 18.5 Å². The van der Waals surface area contributed by atoms with E-state index < -0.39 is 27.6 Å². The van der Waals surface area contributed by atoms with Gasteiger partial charge in [-0.15, -0.1) is 0 Å². The van der Waals surface area contributed by atoms with Gasteiger partial charge < -0.3 is 20.3 Å². The van der Waals surface area contributed by atoms with Crippen molar-refractivity contribution in [2.75, 3.05) is 23.2 Å². The number of pyridine rings is 1. The molecule has 3 aromatic carbocycles. The van der Waals surface area contributed by atoms with Gasteiger partial charge in [0.15, 0.2) is 0 Å². The average molecular weight is 538 g/mol. The third kappa shape index (κ3) is 6.56. The second-order valence-corrected chi connectivity index (χ2v) is 9.87. The number of anilines is 2. The second-order valence-electron chi connectivity index (χ2n) is 8.18. The van der Waals surface area contributed by atoms with Gasteiger partial charge in [0.1, 0.15) is 22.9 Å². The number of benzene rings is 3. The molecule has 0 aliphatic rings. The van der Waals surface area contributed by atoms with E-state index in [2.05, 4.69) is 15.0 Å². The number of phenolic OH excluding ortho intramolecular Hbond substituents is 2. The Bertz CT molecular complexity index is 1550. The number of halogens is 1. The zero-order valence-electron chi connectivity index (χ0n) is 20.0. The quantitative estimate of drug-likeness (QED) is 0.168. The summed E-state index contributed by atoms with van der Waals surface area (Å²) in [6.45, 7) is 0.656. The van der Waals surface area contributed by atoms with E-state index in [4.69, 9.17) is 4.74 Å². The number of sulfonamides is 1. The first-order valence-corrected chi connectivity index (χ1v) is 13.0. The lowest BCUT2D eigenvalue weighted by molar-refractivity contribution is 0.0500. The standard InChI is InChI=1S/C27H24FN3O6S/c28-19-7-10-25(32)24(15-19)18-4-1-6-22(14-18)38(35,36)31-20-8-9-23(26(33)16-20)27(34)37-13-3-12-30-21-5-2-11-29-17-21/h1-2,4-11,14-17,30-33H,3,12-13H2. The van der Waals surface area contributed by atoms with Crippen molar-refractivity contribution in [2.45, 2.75) is 11.3 Å². The van der Waals surface area contributed by atoms with E-state index in [1.807, 2.05) is 6.07 Å². The van der Waals surface area contributed by atoms with Gasteiger partial charge >= 0.3 is 5.97 Å². The Morgan fingerprint density at radius 3 is 2.55 bits per heavy atom. The molecule has 9 nitrogen and oxygen atoms in total. The molecule has 0 fully saturated rings. The largest absolute Gasteiger partial charge is 0.507 e. The van der Waals surface area contributed by atoms with Gasteiger partial charge in [-0.1, -0.05) is 12.1 Å². The molecule has 0 unspecified atom stereocenters. The van der Waals surface area contributed by atoms with Crippen LogP contribution in [0.25, 0.3) is 11.1 Å². The molecule has 38 heavy (non-hydrogen) atoms. The molecule has 0 aliphatic carbocycles. The topological polar surface area (TPSA) is 138 Å². The summed E-state index contributed by atoms with van der Waals surface area (Å²) in [5.74, 6) is -1.99. The Balaban J connectivity index is 1.38. The maximum atomic E-state index is 13.6. The molecule has 196 valence electrons. The third-order valence-electron chi connectivity index (χ3n) is 5.43. The molecule has 0 amide bonds. The highest BCUT2D eigenvalue weighted by atomic mass is 32.2. The van der Waals surface area contributed by atoms with E-state index >= 15 is 0 Å². The molecule has 11 heteroatoms. The maximum Gasteiger partial charge on any atom is 0.341 e. The highest BCUT2D eigenvalue weighted by Gasteiger charge is 2.19. The number of rotatable bonds is 10. The zero-order valence-corrected chi connectivity index (χ0v) is 20.8. The fourth-order valence-corrected chi connectivity index (χ4v) is 4.66. The lowest BCUT2D eigenvalue weighted by atomic mass is 10.0. The number of hydrogen-bond donors (Lipinski definition) is 4. The van der Waals surface area contributed by atoms with E-state index in [0.717, 1.165) is 23.9 Å². The van der Waals surface area contributed by atoms with Crippen LogP contribution in [0, 0.1) is 5.82 Å². The minimum atomic E-state index is -4.12. The minimum absolute atomic E-state index is 0.0127. The van der Waals surface area contributed by atoms with Crippen LogP contribution in [0.4, 0.5) is 15.8 Å². The van der Waals surface area contributed by atoms with E-state index in [1.165, 1.54) is 42.5 Å². The van der Waals surface area contributed by atoms with Crippen molar-refractivity contribution in [2.24, 2.45) is 0 Å². The normalized spacial score (nSPS) is 11.1. The van der Waals surface area contributed by atoms with Gasteiger partial charge in [0.05, 0.1) is 22.9 Å². The molecule has 0 spiro atoms. The fourth-order valence-electron chi connectivity index (χ4n) is 3.57. The second kappa shape index (κ2) is 11.6. The summed E-state index contributed by atoms with van der Waals surface area (Å²) in [7, 11) is -4.12. The minimum Gasteiger partial charge on any atom is -0.507 e. The van der Waals surface area contributed by atoms with Crippen molar-refractivity contribution in [3.63, 3.8) is 0 Å². The Morgan fingerprint density at radius 2 is 1.79 bits per heavy atom. The van der Waals surface area contributed by atoms with Crippen LogP contribution in [0.15, 0.2) is 90.1 Å². The first kappa shape index (κ1) is 26.4. The summed E-state index contributed by atoms with van der Waals surface area (Å²) in [5.41, 5.74) is 1.17. The van der Waals surface area contributed by atoms with Gasteiger partial charge in [0.2, 0.25) is 0 Å². The molecule has 4 rings (SSSR count). The van der Waals surface area contributed by atoms with Crippen molar-refractivity contribution in [3.8, 4) is 22.6 Å². The summed E-state index contributed by atoms with van der Waals surface area (Å²) in [6.07, 6.45) is 3.85. The smallest absolute Gasteiger partial charge is 0.341 e. The molecule has 0 radical (unpaired) electrons. The number of nitrogens with zero attached hydrogens (tertiary/aromatic N) is 1. The first-order valence-electron chi connectivity index (χ1n) is 11.5. The summed E-state index contributed by atoms with van der Waals surface area (Å²) >= 11 is 0. The average Bonchev–Trinajstić information content (AvgIpc) is 2.90. The van der Waals surface area contributed by atoms with Crippen molar-refractivity contribution in [3.05, 3.63) is 96.6 Å². The predicted molar refractivity (Wildman–Crippen MR) is 140 cm³/mol. The van der Waals surface area contributed by atoms with E-state index in [1.54, 1.807) is 18.5 Å². The van der Waals surface area contributed by atoms with Crippen LogP contribution in [0.5, 0.6) is 11.5 Å². The first-order chi connectivity index (χ1) is 18.2. The molecule has 4 aromatic rings. The molecule has 4 N–H and O–H groups in total. The van der Waals surface area contributed by atoms with Crippen LogP contribution in [-0.4, -0.2) is 42.7 Å². The van der Waals surface area contributed by atoms with Crippen LogP contribution in [0.2, 0.25) is 0 Å². The highest BCUT2D eigenvalue weighted by molar-refractivity contribution is 7.92. The van der Waals surface area contributed by atoms with Gasteiger partial charge in [-0.05, 0) is 66.6 Å². The Labute approximate surface area is 218 Å². The van der Waals surface area contributed by atoms with Crippen molar-refractivity contribution in [1.29, 1.82) is 0 Å². The Morgan fingerprint density at radius 1 is 0.947 bits per heavy atom. The van der Waals surface area contributed by atoms with Crippen LogP contribution < -0.4 is 10.0 Å². The van der Waals surface area contributed by atoms with Crippen molar-refractivity contribution < 1.29 is 32.6 Å². The number of nitrogens with one attached hydrogen (secondary N) is 2. The number of carbonyl (C=O) groups excluding carboxylic acids is 1. The molecule has 0 saturated heterocycles. The van der Waals surface area contributed by atoms with E-state index in [9.17, 15) is 27.8 Å². The molecule has 0 saturated carbocycles. The third-order valence-corrected chi connectivity index (χ3v) is 6.81. The van der Waals surface area contributed by atoms with Gasteiger partial charge in [0.25, 0.3) is 10.0 Å². The predicted octanol–water partition coefficient (Wildman–Crippen LogP) is 4.76. The molecule has 0 bridgehead atoms. The number of esters is 1. The number of phenols is 2. The van der Waals surface area contributed by atoms with Crippen LogP contribution in [0.1, 0.15) is 16.8 Å². The van der Waals surface area contributed by atoms with Crippen molar-refractivity contribution >= 4 is 27.4 Å². The molecule has 1 aromatic heterocycles. The monoisotopic (exact) mass is 537 g/mol. The van der Waals surface area contributed by atoms with Crippen molar-refractivity contribution in [1.82, 2.24) is 4.98 Å². The lowest BCUT2D eigenvalue weighted by Crippen LogP contribution is -2.14. The lowest BCUT2D eigenvalue weighted by Gasteiger charge is -2.12. The van der Waals surface area contributed by atoms with Gasteiger partial charge in [0, 0.05) is 30.6 Å². The summed E-state index contributed by atoms with van der Waals surface area (Å²) in [5, 5.41) is 23.5. The number of hydrogen-bond acceptors (Lipinski definition) is 8. The highest BCUT2D eigenvalue weighted by Crippen LogP contribution is 2.32. The number of ether oxygens (including phenoxy) is 1. The number of aromatic nitrogens is 1. The summed E-state index contributed by atoms with van der Waals surface area (Å²) in [4.78, 5) is 16.2. The SMILES string of the molecule is O=C(OCCCNc1cccnc1)c1ccc(NS(=O)(=O)c2cccc(-c3cc(F)ccc3O)c2)cc1O. The summed E-state index contributed by atoms with van der Waals surface area (Å²) in [6, 6.07) is 16.3. The fraction of sp³-hybridized carbons (Fsp3) is 0.111. The van der Waals surface area contributed by atoms with Gasteiger partial charge in [-0.3, -0.25) is 9.71 Å². The zero-order chi connectivity index (χ0) is 27.1. The molecular formula is C27H24FN3O6S. The van der Waals surface area contributed by atoms with Gasteiger partial charge in [-0.2, -0.15) is 0 Å². The molecule has 0 aliphatic heterocycles. The van der Waals surface area contributed by atoms with E-state index in [-0.39, 0.29) is 34.1 Å². The van der Waals surface area contributed by atoms with Crippen LogP contribution in [-0.2, 0) is 14.8 Å². The summed E-state index contributed by atoms with van der Waals surface area (Å²) < 4.78 is 47.1. The van der Waals surface area contributed by atoms with Crippen LogP contribution in [0.3, 0.4) is 0 Å².